The number of hydrogen-bond donors (Lipinski definition) is 4. The molecule has 4 N–H and O–H groups in total. The molecule has 0 aromatic carbocycles. The van der Waals surface area contributed by atoms with Gasteiger partial charge in [-0.25, -0.2) is 15.0 Å². The number of halogens is 1. The molecule has 0 spiro atoms. The lowest BCUT2D eigenvalue weighted by atomic mass is 10.0. The zero-order chi connectivity index (χ0) is 23.4. The minimum absolute atomic E-state index is 0.00117. The first-order valence-corrected chi connectivity index (χ1v) is 11.9. The third-order valence-corrected chi connectivity index (χ3v) is 7.89. The second-order valence-electron chi connectivity index (χ2n) is 7.74. The van der Waals surface area contributed by atoms with Crippen LogP contribution >= 0.6 is 19.2 Å². The van der Waals surface area contributed by atoms with Gasteiger partial charge in [-0.3, -0.25) is 9.13 Å². The zero-order valence-corrected chi connectivity index (χ0v) is 19.6. The van der Waals surface area contributed by atoms with Crippen LogP contribution in [-0.4, -0.2) is 70.0 Å². The summed E-state index contributed by atoms with van der Waals surface area (Å²) in [5, 5.41) is 28.2. The molecule has 2 aromatic rings. The quantitative estimate of drug-likeness (QED) is 0.262. The maximum absolute atomic E-state index is 12.6. The Kier molecular flexibility index (Phi) is 8.57. The summed E-state index contributed by atoms with van der Waals surface area (Å²) in [7, 11) is -4.34. The van der Waals surface area contributed by atoms with Gasteiger partial charge < -0.3 is 29.5 Å². The Labute approximate surface area is 185 Å². The lowest BCUT2D eigenvalue weighted by Crippen LogP contribution is -2.35. The van der Waals surface area contributed by atoms with Gasteiger partial charge in [0, 0.05) is 6.42 Å². The Morgan fingerprint density at radius 3 is 2.52 bits per heavy atom. The van der Waals surface area contributed by atoms with Crippen molar-refractivity contribution in [2.24, 2.45) is 0 Å². The van der Waals surface area contributed by atoms with Crippen LogP contribution in [0.25, 0.3) is 11.2 Å². The van der Waals surface area contributed by atoms with E-state index in [9.17, 15) is 24.8 Å². The molecular formula is C18H30ClN4O7P. The summed E-state index contributed by atoms with van der Waals surface area (Å²) < 4.78 is 25.3. The number of imidazole rings is 1. The Bertz CT molecular complexity index is 927. The maximum Gasteiger partial charge on any atom is 0.359 e. The molecule has 0 aliphatic carbocycles. The molecule has 2 heterocycles. The van der Waals surface area contributed by atoms with Crippen LogP contribution in [0, 0.1) is 0 Å². The molecule has 13 heteroatoms. The van der Waals surface area contributed by atoms with E-state index < -0.39 is 37.5 Å². The highest BCUT2D eigenvalue weighted by Gasteiger charge is 2.46. The van der Waals surface area contributed by atoms with Crippen LogP contribution in [0.1, 0.15) is 53.2 Å². The average molecular weight is 481 g/mol. The van der Waals surface area contributed by atoms with Gasteiger partial charge in [-0.1, -0.05) is 25.4 Å². The second kappa shape index (κ2) is 10.2. The van der Waals surface area contributed by atoms with Gasteiger partial charge in [0.15, 0.2) is 22.4 Å². The van der Waals surface area contributed by atoms with Crippen LogP contribution in [0.4, 0.5) is 0 Å². The van der Waals surface area contributed by atoms with Gasteiger partial charge in [0.05, 0.1) is 25.1 Å². The number of aliphatic hydroxyl groups is 3. The van der Waals surface area contributed by atoms with Gasteiger partial charge >= 0.3 is 7.60 Å². The molecule has 2 rings (SSSR count). The van der Waals surface area contributed by atoms with Crippen LogP contribution in [0.3, 0.4) is 0 Å². The van der Waals surface area contributed by atoms with Crippen molar-refractivity contribution in [3.05, 3.63) is 17.8 Å². The van der Waals surface area contributed by atoms with Crippen molar-refractivity contribution in [3.63, 3.8) is 0 Å². The lowest BCUT2D eigenvalue weighted by molar-refractivity contribution is -0.107. The third-order valence-electron chi connectivity index (χ3n) is 5.39. The lowest BCUT2D eigenvalue weighted by Gasteiger charge is -2.36. The molecule has 0 fully saturated rings. The summed E-state index contributed by atoms with van der Waals surface area (Å²) in [6, 6.07) is 0. The number of fused-ring (bicyclic) bond motifs is 1. The van der Waals surface area contributed by atoms with E-state index in [1.165, 1.54) is 24.1 Å². The molecule has 0 bridgehead atoms. The largest absolute Gasteiger partial charge is 0.394 e. The van der Waals surface area contributed by atoms with Crippen LogP contribution in [-0.2, 0) is 13.8 Å². The fourth-order valence-corrected chi connectivity index (χ4v) is 4.35. The minimum Gasteiger partial charge on any atom is -0.394 e. The average Bonchev–Trinajstić information content (AvgIpc) is 3.15. The Morgan fingerprint density at radius 2 is 1.94 bits per heavy atom. The van der Waals surface area contributed by atoms with Crippen LogP contribution in [0.5, 0.6) is 0 Å². The highest BCUT2D eigenvalue weighted by molar-refractivity contribution is 7.54. The molecule has 0 aliphatic heterocycles. The van der Waals surface area contributed by atoms with E-state index in [0.717, 1.165) is 0 Å². The van der Waals surface area contributed by atoms with Crippen molar-refractivity contribution < 1.29 is 34.0 Å². The van der Waals surface area contributed by atoms with E-state index in [1.54, 1.807) is 20.8 Å². The monoisotopic (exact) mass is 480 g/mol. The van der Waals surface area contributed by atoms with Crippen molar-refractivity contribution in [2.45, 2.75) is 70.2 Å². The van der Waals surface area contributed by atoms with E-state index in [0.29, 0.717) is 17.6 Å². The number of aliphatic hydroxyl groups excluding tert-OH is 2. The standard InChI is InChI=1S/C18H30ClN4O7P/c1-5-17(3,30-31(27,28)18(4,26)6-2)7-8-29-16(12(25)9-24)23-11-22-13-14(19)20-10-21-15(13)23/h10-12,16,24-26H,5-9H2,1-4H3,(H,27,28)/t12-,16-,17?,18?/m1/s1. The molecule has 11 nitrogen and oxygen atoms in total. The van der Waals surface area contributed by atoms with Crippen molar-refractivity contribution in [1.82, 2.24) is 19.5 Å². The smallest absolute Gasteiger partial charge is 0.359 e. The SMILES string of the molecule is CCC(C)(CCO[C@H]([C@H](O)CO)n1cnc2c(Cl)ncnc21)OP(=O)(O)C(C)(O)CC. The minimum atomic E-state index is -4.34. The predicted molar refractivity (Wildman–Crippen MR) is 114 cm³/mol. The Hall–Kier alpha value is -1.17. The number of ether oxygens (including phenoxy) is 1. The summed E-state index contributed by atoms with van der Waals surface area (Å²) >= 11 is 6.01. The molecular weight excluding hydrogens is 451 g/mol. The summed E-state index contributed by atoms with van der Waals surface area (Å²) in [4.78, 5) is 22.4. The first kappa shape index (κ1) is 26.1. The van der Waals surface area contributed by atoms with Gasteiger partial charge in [0.1, 0.15) is 17.9 Å². The molecule has 176 valence electrons. The van der Waals surface area contributed by atoms with Crippen molar-refractivity contribution in [2.75, 3.05) is 13.2 Å². The van der Waals surface area contributed by atoms with E-state index in [4.69, 9.17) is 20.9 Å². The van der Waals surface area contributed by atoms with Crippen LogP contribution in [0.15, 0.2) is 12.7 Å². The first-order valence-electron chi connectivity index (χ1n) is 9.91. The molecule has 0 amide bonds. The van der Waals surface area contributed by atoms with E-state index >= 15 is 0 Å². The van der Waals surface area contributed by atoms with Gasteiger partial charge in [-0.2, -0.15) is 0 Å². The van der Waals surface area contributed by atoms with Crippen LogP contribution < -0.4 is 0 Å². The van der Waals surface area contributed by atoms with Crippen molar-refractivity contribution >= 4 is 30.4 Å². The Morgan fingerprint density at radius 1 is 1.26 bits per heavy atom. The summed E-state index contributed by atoms with van der Waals surface area (Å²) in [6.07, 6.45) is 0.831. The number of hydrogen-bond acceptors (Lipinski definition) is 9. The van der Waals surface area contributed by atoms with Gasteiger partial charge in [0.25, 0.3) is 0 Å². The topological polar surface area (TPSA) is 160 Å². The molecule has 0 saturated carbocycles. The van der Waals surface area contributed by atoms with Crippen molar-refractivity contribution in [3.8, 4) is 0 Å². The highest BCUT2D eigenvalue weighted by Crippen LogP contribution is 2.58. The Balaban J connectivity index is 2.18. The second-order valence-corrected chi connectivity index (χ2v) is 10.3. The normalized spacial score (nSPS) is 20.0. The van der Waals surface area contributed by atoms with E-state index in [-0.39, 0.29) is 24.6 Å². The fourth-order valence-electron chi connectivity index (χ4n) is 2.76. The molecule has 0 radical (unpaired) electrons. The maximum atomic E-state index is 12.6. The van der Waals surface area contributed by atoms with Gasteiger partial charge in [-0.15, -0.1) is 0 Å². The highest BCUT2D eigenvalue weighted by atomic mass is 35.5. The molecule has 3 unspecified atom stereocenters. The predicted octanol–water partition coefficient (Wildman–Crippen LogP) is 2.23. The number of nitrogens with zero attached hydrogens (tertiary/aromatic N) is 4. The molecule has 5 atom stereocenters. The third kappa shape index (κ3) is 5.80. The summed E-state index contributed by atoms with van der Waals surface area (Å²) in [5.41, 5.74) is -0.459. The van der Waals surface area contributed by atoms with Gasteiger partial charge in [-0.05, 0) is 26.7 Å². The molecule has 0 aliphatic rings. The number of aromatic nitrogens is 4. The molecule has 2 aromatic heterocycles. The van der Waals surface area contributed by atoms with Gasteiger partial charge in [0.2, 0.25) is 0 Å². The van der Waals surface area contributed by atoms with Crippen molar-refractivity contribution in [1.29, 1.82) is 0 Å². The van der Waals surface area contributed by atoms with E-state index in [1.807, 2.05) is 0 Å². The summed E-state index contributed by atoms with van der Waals surface area (Å²) in [5.74, 6) is 0. The first-order chi connectivity index (χ1) is 14.4. The molecule has 0 saturated heterocycles. The zero-order valence-electron chi connectivity index (χ0n) is 18.0. The molecule has 31 heavy (non-hydrogen) atoms. The fraction of sp³-hybridized carbons (Fsp3) is 0.722. The number of rotatable bonds is 12. The summed E-state index contributed by atoms with van der Waals surface area (Å²) in [6.45, 7) is 5.68. The van der Waals surface area contributed by atoms with Crippen LogP contribution in [0.2, 0.25) is 5.15 Å². The van der Waals surface area contributed by atoms with E-state index in [2.05, 4.69) is 15.0 Å².